The highest BCUT2D eigenvalue weighted by Crippen LogP contribution is 2.22. The number of aliphatic carboxylic acids is 1. The fourth-order valence-electron chi connectivity index (χ4n) is 1.87. The van der Waals surface area contributed by atoms with Gasteiger partial charge < -0.3 is 19.8 Å². The molecule has 2 N–H and O–H groups in total. The number of nitrogens with zero attached hydrogens (tertiary/aromatic N) is 1. The average molecular weight is 269 g/mol. The molecule has 0 bridgehead atoms. The molecular formula is C12H12FNO5. The van der Waals surface area contributed by atoms with Gasteiger partial charge in [-0.15, -0.1) is 0 Å². The molecule has 1 aromatic rings. The molecule has 0 aromatic heterocycles. The topological polar surface area (TPSA) is 87.1 Å². The van der Waals surface area contributed by atoms with E-state index in [1.165, 1.54) is 12.1 Å². The first-order valence-corrected chi connectivity index (χ1v) is 5.62. The van der Waals surface area contributed by atoms with E-state index >= 15 is 0 Å². The van der Waals surface area contributed by atoms with Crippen molar-refractivity contribution in [1.29, 1.82) is 0 Å². The number of benzene rings is 1. The Morgan fingerprint density at radius 1 is 1.42 bits per heavy atom. The number of ether oxygens (including phenoxy) is 1. The van der Waals surface area contributed by atoms with Crippen LogP contribution in [0.15, 0.2) is 18.2 Å². The highest BCUT2D eigenvalue weighted by molar-refractivity contribution is 5.97. The number of rotatable bonds is 2. The van der Waals surface area contributed by atoms with E-state index in [0.717, 1.165) is 11.0 Å². The van der Waals surface area contributed by atoms with Gasteiger partial charge >= 0.3 is 5.97 Å². The van der Waals surface area contributed by atoms with Crippen molar-refractivity contribution in [1.82, 2.24) is 4.90 Å². The molecule has 19 heavy (non-hydrogen) atoms. The van der Waals surface area contributed by atoms with Crippen LogP contribution in [-0.2, 0) is 9.53 Å². The minimum Gasteiger partial charge on any atom is -0.507 e. The summed E-state index contributed by atoms with van der Waals surface area (Å²) in [5.74, 6) is -3.24. The summed E-state index contributed by atoms with van der Waals surface area (Å²) in [5, 5.41) is 18.4. The van der Waals surface area contributed by atoms with Crippen LogP contribution in [0, 0.1) is 5.82 Å². The number of carboxylic acid groups (broad SMARTS) is 1. The quantitative estimate of drug-likeness (QED) is 0.814. The zero-order chi connectivity index (χ0) is 14.0. The third kappa shape index (κ3) is 2.65. The van der Waals surface area contributed by atoms with Crippen LogP contribution in [0.3, 0.4) is 0 Å². The summed E-state index contributed by atoms with van der Waals surface area (Å²) in [6.07, 6.45) is -1.13. The number of carboxylic acids is 1. The second kappa shape index (κ2) is 5.23. The summed E-state index contributed by atoms with van der Waals surface area (Å²) in [7, 11) is 0. The van der Waals surface area contributed by atoms with Crippen LogP contribution in [0.25, 0.3) is 0 Å². The number of phenols is 1. The van der Waals surface area contributed by atoms with Gasteiger partial charge in [-0.25, -0.2) is 9.18 Å². The Balaban J connectivity index is 2.22. The van der Waals surface area contributed by atoms with Crippen molar-refractivity contribution in [3.05, 3.63) is 29.6 Å². The minimum atomic E-state index is -1.18. The van der Waals surface area contributed by atoms with E-state index in [1.807, 2.05) is 0 Å². The van der Waals surface area contributed by atoms with Gasteiger partial charge in [0.25, 0.3) is 5.91 Å². The van der Waals surface area contributed by atoms with Gasteiger partial charge in [0.15, 0.2) is 6.10 Å². The van der Waals surface area contributed by atoms with Crippen LogP contribution in [0.1, 0.15) is 10.4 Å². The van der Waals surface area contributed by atoms with E-state index in [1.54, 1.807) is 0 Å². The Kier molecular flexibility index (Phi) is 3.66. The fraction of sp³-hybridized carbons (Fsp3) is 0.333. The number of aromatic hydroxyl groups is 1. The lowest BCUT2D eigenvalue weighted by Crippen LogP contribution is -2.48. The van der Waals surface area contributed by atoms with Crippen LogP contribution >= 0.6 is 0 Å². The van der Waals surface area contributed by atoms with E-state index in [4.69, 9.17) is 9.84 Å². The van der Waals surface area contributed by atoms with Crippen molar-refractivity contribution >= 4 is 11.9 Å². The molecule has 0 spiro atoms. The smallest absolute Gasteiger partial charge is 0.334 e. The van der Waals surface area contributed by atoms with Crippen molar-refractivity contribution in [2.45, 2.75) is 6.10 Å². The lowest BCUT2D eigenvalue weighted by Gasteiger charge is -2.31. The Morgan fingerprint density at radius 2 is 2.16 bits per heavy atom. The van der Waals surface area contributed by atoms with Gasteiger partial charge in [-0.05, 0) is 12.1 Å². The molecule has 1 fully saturated rings. The largest absolute Gasteiger partial charge is 0.507 e. The number of carbonyl (C=O) groups is 2. The van der Waals surface area contributed by atoms with Gasteiger partial charge in [-0.2, -0.15) is 0 Å². The zero-order valence-corrected chi connectivity index (χ0v) is 9.88. The second-order valence-electron chi connectivity index (χ2n) is 4.08. The van der Waals surface area contributed by atoms with Crippen LogP contribution in [0.5, 0.6) is 5.75 Å². The number of hydrogen-bond donors (Lipinski definition) is 2. The second-order valence-corrected chi connectivity index (χ2v) is 4.08. The van der Waals surface area contributed by atoms with Crippen LogP contribution in [0.4, 0.5) is 4.39 Å². The maximum Gasteiger partial charge on any atom is 0.334 e. The number of carbonyl (C=O) groups excluding carboxylic acids is 1. The summed E-state index contributed by atoms with van der Waals surface area (Å²) < 4.78 is 18.5. The molecule has 0 radical (unpaired) electrons. The number of amides is 1. The molecule has 0 saturated carbocycles. The Bertz CT molecular complexity index is 499. The Labute approximate surface area is 108 Å². The third-order valence-corrected chi connectivity index (χ3v) is 2.83. The number of morpholine rings is 1. The number of hydrogen-bond acceptors (Lipinski definition) is 4. The van der Waals surface area contributed by atoms with E-state index in [0.29, 0.717) is 0 Å². The summed E-state index contributed by atoms with van der Waals surface area (Å²) in [6, 6.07) is 3.54. The molecule has 1 aliphatic rings. The molecule has 1 heterocycles. The van der Waals surface area contributed by atoms with Gasteiger partial charge in [-0.3, -0.25) is 4.79 Å². The molecule has 1 unspecified atom stereocenters. The van der Waals surface area contributed by atoms with Crippen molar-refractivity contribution in [2.75, 3.05) is 19.7 Å². The van der Waals surface area contributed by atoms with E-state index in [2.05, 4.69) is 0 Å². The van der Waals surface area contributed by atoms with Crippen molar-refractivity contribution < 1.29 is 28.9 Å². The molecule has 1 amide bonds. The summed E-state index contributed by atoms with van der Waals surface area (Å²) in [4.78, 5) is 24.0. The lowest BCUT2D eigenvalue weighted by molar-refractivity contribution is -0.154. The molecule has 2 rings (SSSR count). The standard InChI is InChI=1S/C12H12FNO5/c13-7-2-1-3-8(15)10(7)11(16)14-4-5-19-9(6-14)12(17)18/h1-3,9,15H,4-6H2,(H,17,18). The fourth-order valence-corrected chi connectivity index (χ4v) is 1.87. The highest BCUT2D eigenvalue weighted by Gasteiger charge is 2.31. The zero-order valence-electron chi connectivity index (χ0n) is 9.88. The van der Waals surface area contributed by atoms with Crippen molar-refractivity contribution in [2.24, 2.45) is 0 Å². The van der Waals surface area contributed by atoms with Crippen molar-refractivity contribution in [3.63, 3.8) is 0 Å². The lowest BCUT2D eigenvalue weighted by atomic mass is 10.1. The normalized spacial score (nSPS) is 19.2. The molecule has 0 aliphatic carbocycles. The molecule has 7 heteroatoms. The van der Waals surface area contributed by atoms with Gasteiger partial charge in [0.1, 0.15) is 17.1 Å². The molecule has 1 saturated heterocycles. The van der Waals surface area contributed by atoms with E-state index in [9.17, 15) is 19.1 Å². The van der Waals surface area contributed by atoms with Crippen LogP contribution < -0.4 is 0 Å². The average Bonchev–Trinajstić information content (AvgIpc) is 2.38. The maximum absolute atomic E-state index is 13.6. The van der Waals surface area contributed by atoms with Gasteiger partial charge in [0, 0.05) is 6.54 Å². The Hall–Kier alpha value is -2.15. The van der Waals surface area contributed by atoms with Crippen LogP contribution in [-0.4, -0.2) is 52.8 Å². The molecule has 1 aromatic carbocycles. The number of phenolic OH excluding ortho intramolecular Hbond substituents is 1. The molecular weight excluding hydrogens is 257 g/mol. The predicted octanol–water partition coefficient (Wildman–Crippen LogP) is 0.457. The SMILES string of the molecule is O=C(O)C1CN(C(=O)c2c(O)cccc2F)CCO1. The number of halogens is 1. The van der Waals surface area contributed by atoms with Crippen molar-refractivity contribution in [3.8, 4) is 5.75 Å². The summed E-state index contributed by atoms with van der Waals surface area (Å²) in [6.45, 7) is 0.0241. The first-order valence-electron chi connectivity index (χ1n) is 5.62. The maximum atomic E-state index is 13.6. The first-order chi connectivity index (χ1) is 9.00. The van der Waals surface area contributed by atoms with Gasteiger partial charge in [0.05, 0.1) is 13.2 Å². The predicted molar refractivity (Wildman–Crippen MR) is 61.3 cm³/mol. The Morgan fingerprint density at radius 3 is 2.79 bits per heavy atom. The molecule has 1 aliphatic heterocycles. The highest BCUT2D eigenvalue weighted by atomic mass is 19.1. The van der Waals surface area contributed by atoms with E-state index < -0.39 is 35.1 Å². The monoisotopic (exact) mass is 269 g/mol. The summed E-state index contributed by atoms with van der Waals surface area (Å²) in [5.41, 5.74) is -0.450. The third-order valence-electron chi connectivity index (χ3n) is 2.83. The van der Waals surface area contributed by atoms with Crippen LogP contribution in [0.2, 0.25) is 0 Å². The van der Waals surface area contributed by atoms with Gasteiger partial charge in [-0.1, -0.05) is 6.07 Å². The molecule has 102 valence electrons. The molecule has 1 atom stereocenters. The van der Waals surface area contributed by atoms with Gasteiger partial charge in [0.2, 0.25) is 0 Å². The minimum absolute atomic E-state index is 0.0535. The molecule has 6 nitrogen and oxygen atoms in total. The first kappa shape index (κ1) is 13.3. The van der Waals surface area contributed by atoms with E-state index in [-0.39, 0.29) is 19.7 Å². The summed E-state index contributed by atoms with van der Waals surface area (Å²) >= 11 is 0.